The molecule has 0 saturated carbocycles. The van der Waals surface area contributed by atoms with E-state index in [0.29, 0.717) is 6.04 Å². The minimum absolute atomic E-state index is 0.179. The summed E-state index contributed by atoms with van der Waals surface area (Å²) in [6.07, 6.45) is 6.08. The molecule has 0 aliphatic carbocycles. The Labute approximate surface area is 119 Å². The molecule has 17 heavy (non-hydrogen) atoms. The van der Waals surface area contributed by atoms with Gasteiger partial charge < -0.3 is 14.0 Å². The Morgan fingerprint density at radius 2 is 1.76 bits per heavy atom. The van der Waals surface area contributed by atoms with Crippen LogP contribution in [0, 0.1) is 0 Å². The Bertz CT molecular complexity index is 254. The molecular formula is C11H19IN2O2S. The zero-order valence-electron chi connectivity index (χ0n) is 9.94. The highest BCUT2D eigenvalue weighted by Crippen LogP contribution is 2.22. The normalized spacial score (nSPS) is 23.7. The summed E-state index contributed by atoms with van der Waals surface area (Å²) in [5.41, 5.74) is 0. The number of nitrogens with zero attached hydrogens (tertiary/aromatic N) is 2. The fourth-order valence-corrected chi connectivity index (χ4v) is 3.40. The number of rotatable bonds is 2. The molecule has 0 unspecified atom stereocenters. The molecule has 0 N–H and O–H groups in total. The molecule has 2 heterocycles. The van der Waals surface area contributed by atoms with Crippen LogP contribution in [0.25, 0.3) is 0 Å². The Morgan fingerprint density at radius 1 is 1.12 bits per heavy atom. The zero-order chi connectivity index (χ0) is 12.1. The van der Waals surface area contributed by atoms with Gasteiger partial charge in [-0.05, 0) is 38.8 Å². The van der Waals surface area contributed by atoms with Gasteiger partial charge in [0.1, 0.15) is 9.21 Å². The summed E-state index contributed by atoms with van der Waals surface area (Å²) in [7, 11) is 1.10. The van der Waals surface area contributed by atoms with Gasteiger partial charge in [-0.2, -0.15) is 0 Å². The first-order chi connectivity index (χ1) is 8.31. The number of hydrogen-bond donors (Lipinski definition) is 0. The van der Waals surface area contributed by atoms with Gasteiger partial charge in [-0.25, -0.2) is 4.79 Å². The lowest BCUT2D eigenvalue weighted by Crippen LogP contribution is -2.48. The molecule has 2 aliphatic heterocycles. The monoisotopic (exact) mass is 370 g/mol. The molecule has 2 aliphatic rings. The maximum absolute atomic E-state index is 11.5. The highest BCUT2D eigenvalue weighted by atomic mass is 127. The van der Waals surface area contributed by atoms with Crippen molar-refractivity contribution in [2.75, 3.05) is 26.2 Å². The highest BCUT2D eigenvalue weighted by molar-refractivity contribution is 14.2. The van der Waals surface area contributed by atoms with Gasteiger partial charge in [0, 0.05) is 40.3 Å². The van der Waals surface area contributed by atoms with Crippen molar-refractivity contribution in [1.29, 1.82) is 0 Å². The quantitative estimate of drug-likeness (QED) is 0.553. The van der Waals surface area contributed by atoms with E-state index in [1.807, 2.05) is 26.1 Å². The SMILES string of the molecule is O=C(OSI)N1CCC(N2CCCCC2)CC1. The average molecular weight is 370 g/mol. The van der Waals surface area contributed by atoms with Gasteiger partial charge in [0.25, 0.3) is 0 Å². The molecule has 0 atom stereocenters. The van der Waals surface area contributed by atoms with Crippen LogP contribution in [0.4, 0.5) is 4.79 Å². The number of carbonyl (C=O) groups excluding carboxylic acids is 1. The maximum Gasteiger partial charge on any atom is 0.422 e. The minimum atomic E-state index is -0.179. The minimum Gasteiger partial charge on any atom is -0.364 e. The summed E-state index contributed by atoms with van der Waals surface area (Å²) in [5.74, 6) is 0. The summed E-state index contributed by atoms with van der Waals surface area (Å²) < 4.78 is 4.94. The predicted octanol–water partition coefficient (Wildman–Crippen LogP) is 3.07. The van der Waals surface area contributed by atoms with Crippen LogP contribution < -0.4 is 0 Å². The number of halogens is 1. The van der Waals surface area contributed by atoms with E-state index in [4.69, 9.17) is 4.18 Å². The Hall–Kier alpha value is 0.310. The number of amides is 1. The molecule has 0 bridgehead atoms. The fourth-order valence-electron chi connectivity index (χ4n) is 2.78. The molecule has 2 saturated heterocycles. The van der Waals surface area contributed by atoms with Crippen molar-refractivity contribution < 1.29 is 8.98 Å². The standard InChI is InChI=1S/C11H19IN2O2S/c12-17-16-11(15)14-8-4-10(5-9-14)13-6-2-1-3-7-13/h10H,1-9H2. The topological polar surface area (TPSA) is 32.8 Å². The van der Waals surface area contributed by atoms with Gasteiger partial charge in [-0.3, -0.25) is 0 Å². The van der Waals surface area contributed by atoms with E-state index in [-0.39, 0.29) is 6.09 Å². The van der Waals surface area contributed by atoms with Crippen molar-refractivity contribution in [3.63, 3.8) is 0 Å². The molecule has 4 nitrogen and oxygen atoms in total. The second kappa shape index (κ2) is 7.04. The van der Waals surface area contributed by atoms with Crippen molar-refractivity contribution >= 4 is 36.5 Å². The maximum atomic E-state index is 11.5. The van der Waals surface area contributed by atoms with Gasteiger partial charge in [0.2, 0.25) is 0 Å². The van der Waals surface area contributed by atoms with Crippen molar-refractivity contribution in [2.24, 2.45) is 0 Å². The summed E-state index contributed by atoms with van der Waals surface area (Å²) in [6, 6.07) is 0.687. The summed E-state index contributed by atoms with van der Waals surface area (Å²) in [5, 5.41) is 0. The molecule has 0 aromatic rings. The summed E-state index contributed by atoms with van der Waals surface area (Å²) in [6.45, 7) is 4.19. The number of carbonyl (C=O) groups is 1. The predicted molar refractivity (Wildman–Crippen MR) is 78.1 cm³/mol. The zero-order valence-corrected chi connectivity index (χ0v) is 12.9. The number of likely N-dealkylation sites (tertiary alicyclic amines) is 2. The number of hydrogen-bond acceptors (Lipinski definition) is 4. The summed E-state index contributed by atoms with van der Waals surface area (Å²) >= 11 is 1.98. The summed E-state index contributed by atoms with van der Waals surface area (Å²) in [4.78, 5) is 16.0. The second-order valence-corrected chi connectivity index (χ2v) is 6.10. The van der Waals surface area contributed by atoms with Crippen LogP contribution in [0.5, 0.6) is 0 Å². The fraction of sp³-hybridized carbons (Fsp3) is 0.909. The van der Waals surface area contributed by atoms with Gasteiger partial charge in [0.05, 0.1) is 0 Å². The van der Waals surface area contributed by atoms with E-state index in [0.717, 1.165) is 35.1 Å². The third-order valence-corrected chi connectivity index (χ3v) is 4.48. The lowest BCUT2D eigenvalue weighted by molar-refractivity contribution is 0.0906. The lowest BCUT2D eigenvalue weighted by Gasteiger charge is -2.39. The molecular weight excluding hydrogens is 351 g/mol. The third kappa shape index (κ3) is 3.89. The Balaban J connectivity index is 1.75. The van der Waals surface area contributed by atoms with E-state index < -0.39 is 0 Å². The van der Waals surface area contributed by atoms with E-state index >= 15 is 0 Å². The van der Waals surface area contributed by atoms with Crippen LogP contribution in [0.2, 0.25) is 0 Å². The Kier molecular flexibility index (Phi) is 5.68. The van der Waals surface area contributed by atoms with Crippen LogP contribution in [0.1, 0.15) is 32.1 Å². The van der Waals surface area contributed by atoms with Crippen LogP contribution >= 0.6 is 30.4 Å². The van der Waals surface area contributed by atoms with Gasteiger partial charge >= 0.3 is 6.09 Å². The molecule has 0 aromatic heterocycles. The van der Waals surface area contributed by atoms with E-state index in [1.54, 1.807) is 0 Å². The first kappa shape index (κ1) is 13.7. The van der Waals surface area contributed by atoms with Crippen molar-refractivity contribution in [1.82, 2.24) is 9.80 Å². The molecule has 0 radical (unpaired) electrons. The molecule has 1 amide bonds. The van der Waals surface area contributed by atoms with Gasteiger partial charge in [-0.1, -0.05) is 6.42 Å². The van der Waals surface area contributed by atoms with Crippen molar-refractivity contribution in [3.05, 3.63) is 0 Å². The van der Waals surface area contributed by atoms with E-state index in [1.165, 1.54) is 32.4 Å². The largest absolute Gasteiger partial charge is 0.422 e. The highest BCUT2D eigenvalue weighted by Gasteiger charge is 2.28. The molecule has 0 aromatic carbocycles. The molecule has 2 rings (SSSR count). The number of piperidine rings is 2. The van der Waals surface area contributed by atoms with Crippen molar-refractivity contribution in [3.8, 4) is 0 Å². The van der Waals surface area contributed by atoms with Gasteiger partial charge in [-0.15, -0.1) is 0 Å². The van der Waals surface area contributed by atoms with Crippen LogP contribution in [0.15, 0.2) is 0 Å². The van der Waals surface area contributed by atoms with Crippen LogP contribution in [-0.2, 0) is 4.18 Å². The molecule has 98 valence electrons. The first-order valence-electron chi connectivity index (χ1n) is 6.29. The van der Waals surface area contributed by atoms with Crippen LogP contribution in [-0.4, -0.2) is 48.1 Å². The average Bonchev–Trinajstić information content (AvgIpc) is 2.40. The molecule has 6 heteroatoms. The lowest BCUT2D eigenvalue weighted by atomic mass is 10.0. The Morgan fingerprint density at radius 3 is 2.35 bits per heavy atom. The van der Waals surface area contributed by atoms with Gasteiger partial charge in [0.15, 0.2) is 0 Å². The smallest absolute Gasteiger partial charge is 0.364 e. The molecule has 2 fully saturated rings. The second-order valence-electron chi connectivity index (χ2n) is 4.73. The third-order valence-electron chi connectivity index (χ3n) is 3.73. The van der Waals surface area contributed by atoms with E-state index in [9.17, 15) is 4.79 Å². The first-order valence-corrected chi connectivity index (χ1v) is 9.58. The molecule has 0 spiro atoms. The van der Waals surface area contributed by atoms with Crippen molar-refractivity contribution in [2.45, 2.75) is 38.1 Å². The van der Waals surface area contributed by atoms with Crippen LogP contribution in [0.3, 0.4) is 0 Å². The van der Waals surface area contributed by atoms with E-state index in [2.05, 4.69) is 4.90 Å².